The van der Waals surface area contributed by atoms with E-state index in [1.54, 1.807) is 12.4 Å². The van der Waals surface area contributed by atoms with Crippen LogP contribution in [-0.4, -0.2) is 53.6 Å². The quantitative estimate of drug-likeness (QED) is 0.705. The van der Waals surface area contributed by atoms with Crippen LogP contribution in [0.5, 0.6) is 5.75 Å². The summed E-state index contributed by atoms with van der Waals surface area (Å²) in [7, 11) is 0. The van der Waals surface area contributed by atoms with E-state index in [0.717, 1.165) is 23.3 Å². The van der Waals surface area contributed by atoms with Gasteiger partial charge in [0, 0.05) is 25.4 Å². The summed E-state index contributed by atoms with van der Waals surface area (Å²) in [4.78, 5) is 30.7. The van der Waals surface area contributed by atoms with E-state index in [1.165, 1.54) is 0 Å². The smallest absolute Gasteiger partial charge is 0.227 e. The molecule has 3 heterocycles. The van der Waals surface area contributed by atoms with Crippen LogP contribution in [0.3, 0.4) is 0 Å². The Labute approximate surface area is 182 Å². The number of pyridine rings is 1. The molecule has 1 aromatic carbocycles. The zero-order valence-electron chi connectivity index (χ0n) is 17.9. The molecule has 2 aromatic rings. The van der Waals surface area contributed by atoms with Crippen molar-refractivity contribution < 1.29 is 19.1 Å². The van der Waals surface area contributed by atoms with Gasteiger partial charge in [-0.25, -0.2) is 0 Å². The molecule has 1 atom stereocenters. The Morgan fingerprint density at radius 1 is 1.16 bits per heavy atom. The average Bonchev–Trinajstić information content (AvgIpc) is 3.18. The summed E-state index contributed by atoms with van der Waals surface area (Å²) in [5.74, 6) is 1.15. The lowest BCUT2D eigenvalue weighted by molar-refractivity contribution is -0.157. The summed E-state index contributed by atoms with van der Waals surface area (Å²) in [6.45, 7) is 4.87. The maximum atomic E-state index is 12.6. The highest BCUT2D eigenvalue weighted by atomic mass is 16.5. The lowest BCUT2D eigenvalue weighted by Crippen LogP contribution is -2.63. The van der Waals surface area contributed by atoms with Crippen LogP contribution in [0.2, 0.25) is 0 Å². The van der Waals surface area contributed by atoms with Crippen LogP contribution in [0.15, 0.2) is 48.8 Å². The molecule has 4 rings (SSSR count). The van der Waals surface area contributed by atoms with Crippen molar-refractivity contribution in [2.24, 2.45) is 5.92 Å². The maximum absolute atomic E-state index is 12.6. The van der Waals surface area contributed by atoms with Crippen LogP contribution < -0.4 is 10.1 Å². The third kappa shape index (κ3) is 5.41. The van der Waals surface area contributed by atoms with Crippen molar-refractivity contribution in [2.45, 2.75) is 38.3 Å². The third-order valence-electron chi connectivity index (χ3n) is 5.90. The minimum atomic E-state index is -0.273. The van der Waals surface area contributed by atoms with E-state index in [9.17, 15) is 9.59 Å². The number of rotatable bonds is 8. The summed E-state index contributed by atoms with van der Waals surface area (Å²) in [5, 5.41) is 2.96. The maximum Gasteiger partial charge on any atom is 0.227 e. The minimum absolute atomic E-state index is 0.0326. The summed E-state index contributed by atoms with van der Waals surface area (Å²) in [5.41, 5.74) is 1.73. The summed E-state index contributed by atoms with van der Waals surface area (Å²) < 4.78 is 11.5. The molecular weight excluding hydrogens is 394 g/mol. The van der Waals surface area contributed by atoms with Gasteiger partial charge < -0.3 is 19.7 Å². The van der Waals surface area contributed by atoms with Gasteiger partial charge in [0.15, 0.2) is 0 Å². The number of aromatic nitrogens is 1. The van der Waals surface area contributed by atoms with Crippen molar-refractivity contribution in [3.63, 3.8) is 0 Å². The number of carbonyl (C=O) groups excluding carboxylic acids is 2. The first-order valence-electron chi connectivity index (χ1n) is 10.8. The van der Waals surface area contributed by atoms with Crippen LogP contribution in [0.1, 0.15) is 30.9 Å². The van der Waals surface area contributed by atoms with Crippen molar-refractivity contribution in [1.82, 2.24) is 15.2 Å². The second-order valence-corrected chi connectivity index (χ2v) is 8.40. The number of amides is 2. The monoisotopic (exact) mass is 423 g/mol. The summed E-state index contributed by atoms with van der Waals surface area (Å²) >= 11 is 0. The van der Waals surface area contributed by atoms with Gasteiger partial charge in [0.05, 0.1) is 32.7 Å². The Bertz CT molecular complexity index is 895. The van der Waals surface area contributed by atoms with Gasteiger partial charge in [-0.1, -0.05) is 12.1 Å². The molecule has 164 valence electrons. The van der Waals surface area contributed by atoms with E-state index in [1.807, 2.05) is 48.2 Å². The molecule has 2 aliphatic heterocycles. The molecule has 1 N–H and O–H groups in total. The molecule has 0 aliphatic carbocycles. The first-order chi connectivity index (χ1) is 15.0. The fraction of sp³-hybridized carbons (Fsp3) is 0.458. The highest BCUT2D eigenvalue weighted by Crippen LogP contribution is 2.39. The number of nitrogens with zero attached hydrogens (tertiary/aromatic N) is 2. The van der Waals surface area contributed by atoms with Crippen molar-refractivity contribution in [2.75, 3.05) is 26.3 Å². The van der Waals surface area contributed by atoms with Gasteiger partial charge in [-0.3, -0.25) is 14.6 Å². The van der Waals surface area contributed by atoms with Gasteiger partial charge in [0.25, 0.3) is 0 Å². The number of carbonyl (C=O) groups is 2. The van der Waals surface area contributed by atoms with Crippen LogP contribution in [0.4, 0.5) is 0 Å². The lowest BCUT2D eigenvalue weighted by Gasteiger charge is -2.47. The number of ether oxygens (including phenoxy) is 2. The SMILES string of the molecule is CCOc1ccc(CC(=O)N2CC3(CC(CC(=O)NCc4ccncc4)CO3)C2)cc1. The lowest BCUT2D eigenvalue weighted by atomic mass is 9.85. The number of likely N-dealkylation sites (tertiary alicyclic amines) is 1. The predicted octanol–water partition coefficient (Wildman–Crippen LogP) is 2.35. The Morgan fingerprint density at radius 2 is 1.90 bits per heavy atom. The molecule has 0 radical (unpaired) electrons. The standard InChI is InChI=1S/C24H29N3O4/c1-2-30-21-5-3-18(4-6-21)12-23(29)27-16-24(17-27)13-20(15-31-24)11-22(28)26-14-19-7-9-25-10-8-19/h3-10,20H,2,11-17H2,1H3,(H,26,28). The highest BCUT2D eigenvalue weighted by Gasteiger charge is 2.51. The number of hydrogen-bond acceptors (Lipinski definition) is 5. The van der Waals surface area contributed by atoms with Crippen molar-refractivity contribution in [3.05, 3.63) is 59.9 Å². The van der Waals surface area contributed by atoms with Crippen LogP contribution in [0, 0.1) is 5.92 Å². The Balaban J connectivity index is 1.18. The molecule has 1 unspecified atom stereocenters. The molecule has 1 aromatic heterocycles. The number of nitrogens with one attached hydrogen (secondary N) is 1. The first-order valence-corrected chi connectivity index (χ1v) is 10.8. The minimum Gasteiger partial charge on any atom is -0.494 e. The Hall–Kier alpha value is -2.93. The van der Waals surface area contributed by atoms with E-state index < -0.39 is 0 Å². The largest absolute Gasteiger partial charge is 0.494 e. The molecule has 0 saturated carbocycles. The van der Waals surface area contributed by atoms with Gasteiger partial charge in [0.2, 0.25) is 11.8 Å². The zero-order valence-corrected chi connectivity index (χ0v) is 17.9. The van der Waals surface area contributed by atoms with E-state index in [2.05, 4.69) is 10.3 Å². The molecule has 2 saturated heterocycles. The van der Waals surface area contributed by atoms with Crippen LogP contribution >= 0.6 is 0 Å². The molecule has 31 heavy (non-hydrogen) atoms. The molecule has 0 bridgehead atoms. The molecule has 2 amide bonds. The predicted molar refractivity (Wildman–Crippen MR) is 115 cm³/mol. The topological polar surface area (TPSA) is 80.8 Å². The fourth-order valence-corrected chi connectivity index (χ4v) is 4.31. The molecule has 2 fully saturated rings. The third-order valence-corrected chi connectivity index (χ3v) is 5.90. The summed E-state index contributed by atoms with van der Waals surface area (Å²) in [6.07, 6.45) is 5.09. The first kappa shape index (κ1) is 21.3. The molecule has 1 spiro atoms. The normalized spacial score (nSPS) is 19.1. The average molecular weight is 424 g/mol. The summed E-state index contributed by atoms with van der Waals surface area (Å²) in [6, 6.07) is 11.4. The molecular formula is C24H29N3O4. The van der Waals surface area contributed by atoms with Crippen molar-refractivity contribution >= 4 is 11.8 Å². The molecule has 7 nitrogen and oxygen atoms in total. The van der Waals surface area contributed by atoms with Gasteiger partial charge >= 0.3 is 0 Å². The second kappa shape index (κ2) is 9.47. The fourth-order valence-electron chi connectivity index (χ4n) is 4.31. The van der Waals surface area contributed by atoms with Gasteiger partial charge in [-0.2, -0.15) is 0 Å². The Kier molecular flexibility index (Phi) is 6.51. The zero-order chi connectivity index (χ0) is 21.7. The molecule has 2 aliphatic rings. The van der Waals surface area contributed by atoms with Crippen molar-refractivity contribution in [1.29, 1.82) is 0 Å². The van der Waals surface area contributed by atoms with E-state index in [4.69, 9.17) is 9.47 Å². The second-order valence-electron chi connectivity index (χ2n) is 8.40. The van der Waals surface area contributed by atoms with Crippen molar-refractivity contribution in [3.8, 4) is 5.75 Å². The van der Waals surface area contributed by atoms with Crippen LogP contribution in [-0.2, 0) is 27.3 Å². The van der Waals surface area contributed by atoms with Gasteiger partial charge in [-0.15, -0.1) is 0 Å². The van der Waals surface area contributed by atoms with E-state index in [0.29, 0.717) is 45.7 Å². The Morgan fingerprint density at radius 3 is 2.61 bits per heavy atom. The van der Waals surface area contributed by atoms with Gasteiger partial charge in [-0.05, 0) is 54.7 Å². The van der Waals surface area contributed by atoms with Gasteiger partial charge in [0.1, 0.15) is 11.4 Å². The highest BCUT2D eigenvalue weighted by molar-refractivity contribution is 5.80. The van der Waals surface area contributed by atoms with E-state index in [-0.39, 0.29) is 23.3 Å². The number of benzene rings is 1. The van der Waals surface area contributed by atoms with Crippen LogP contribution in [0.25, 0.3) is 0 Å². The van der Waals surface area contributed by atoms with E-state index >= 15 is 0 Å². The molecule has 7 heteroatoms. The number of hydrogen-bond donors (Lipinski definition) is 1.